The Bertz CT molecular complexity index is 624. The zero-order valence-corrected chi connectivity index (χ0v) is 14.5. The van der Waals surface area contributed by atoms with Crippen molar-refractivity contribution in [2.45, 2.75) is 58.5 Å². The molecule has 0 unspecified atom stereocenters. The average Bonchev–Trinajstić information content (AvgIpc) is 2.86. The van der Waals surface area contributed by atoms with Crippen LogP contribution in [0.1, 0.15) is 55.0 Å². The van der Waals surface area contributed by atoms with Crippen molar-refractivity contribution < 1.29 is 4.79 Å². The molecular weight excluding hydrogens is 290 g/mol. The number of carbonyl (C=O) groups is 1. The Morgan fingerprint density at radius 1 is 1.35 bits per heavy atom. The molecule has 1 aromatic rings. The van der Waals surface area contributed by atoms with E-state index in [0.717, 1.165) is 49.4 Å². The molecule has 2 heterocycles. The second-order valence-electron chi connectivity index (χ2n) is 7.60. The molecular formula is C17H27N5O. The number of aromatic nitrogens is 2. The summed E-state index contributed by atoms with van der Waals surface area (Å²) >= 11 is 0. The van der Waals surface area contributed by atoms with Crippen molar-refractivity contribution in [1.29, 1.82) is 0 Å². The van der Waals surface area contributed by atoms with E-state index in [-0.39, 0.29) is 23.3 Å². The average molecular weight is 317 g/mol. The van der Waals surface area contributed by atoms with E-state index in [0.29, 0.717) is 5.92 Å². The minimum Gasteiger partial charge on any atom is -0.355 e. The van der Waals surface area contributed by atoms with Crippen molar-refractivity contribution in [3.63, 3.8) is 0 Å². The molecule has 6 nitrogen and oxygen atoms in total. The number of nitrogens with two attached hydrogens (primary N) is 1. The topological polar surface area (TPSA) is 84.1 Å². The van der Waals surface area contributed by atoms with Gasteiger partial charge in [-0.3, -0.25) is 4.79 Å². The van der Waals surface area contributed by atoms with Gasteiger partial charge < -0.3 is 16.0 Å². The Hall–Kier alpha value is -1.69. The van der Waals surface area contributed by atoms with Gasteiger partial charge in [0.1, 0.15) is 5.82 Å². The molecule has 3 rings (SSSR count). The number of amides is 1. The van der Waals surface area contributed by atoms with E-state index in [4.69, 9.17) is 5.73 Å². The normalized spacial score (nSPS) is 30.2. The van der Waals surface area contributed by atoms with Crippen molar-refractivity contribution in [2.24, 2.45) is 11.7 Å². The Kier molecular flexibility index (Phi) is 4.04. The van der Waals surface area contributed by atoms with Crippen molar-refractivity contribution in [3.8, 4) is 0 Å². The maximum atomic E-state index is 12.6. The molecule has 0 radical (unpaired) electrons. The van der Waals surface area contributed by atoms with Crippen molar-refractivity contribution >= 4 is 11.7 Å². The Morgan fingerprint density at radius 3 is 2.61 bits per heavy atom. The highest BCUT2D eigenvalue weighted by atomic mass is 16.2. The van der Waals surface area contributed by atoms with Crippen LogP contribution in [-0.2, 0) is 0 Å². The molecule has 1 aliphatic heterocycles. The fraction of sp³-hybridized carbons (Fsp3) is 0.706. The number of nitrogens with one attached hydrogen (secondary N) is 1. The van der Waals surface area contributed by atoms with Crippen LogP contribution in [0.5, 0.6) is 0 Å². The highest BCUT2D eigenvalue weighted by molar-refractivity contribution is 5.91. The third-order valence-electron chi connectivity index (χ3n) is 5.10. The Labute approximate surface area is 137 Å². The zero-order valence-electron chi connectivity index (χ0n) is 14.5. The molecule has 2 fully saturated rings. The zero-order chi connectivity index (χ0) is 16.8. The number of aryl methyl sites for hydroxylation is 1. The predicted octanol–water partition coefficient (Wildman–Crippen LogP) is 1.55. The molecule has 0 aromatic carbocycles. The quantitative estimate of drug-likeness (QED) is 0.883. The van der Waals surface area contributed by atoms with E-state index in [1.807, 2.05) is 13.8 Å². The van der Waals surface area contributed by atoms with Gasteiger partial charge in [0.05, 0.1) is 0 Å². The first-order valence-electron chi connectivity index (χ1n) is 8.46. The summed E-state index contributed by atoms with van der Waals surface area (Å²) in [7, 11) is 0. The van der Waals surface area contributed by atoms with Gasteiger partial charge in [-0.1, -0.05) is 6.92 Å². The second-order valence-corrected chi connectivity index (χ2v) is 7.60. The minimum atomic E-state index is -0.174. The Balaban J connectivity index is 1.82. The first-order valence-corrected chi connectivity index (χ1v) is 8.46. The van der Waals surface area contributed by atoms with Crippen LogP contribution in [0.25, 0.3) is 0 Å². The standard InChI is InChI=1S/C17H27N5O/c1-10-7-17(4,8-10)21-16(23)14-19-12(3)11(2)15(20-14)22-6-5-13(18)9-22/h10,13H,5-9,18H2,1-4H3,(H,21,23)/t10?,13-,17?/m1/s1. The highest BCUT2D eigenvalue weighted by Crippen LogP contribution is 2.37. The van der Waals surface area contributed by atoms with E-state index in [2.05, 4.69) is 34.0 Å². The first-order chi connectivity index (χ1) is 10.8. The molecule has 126 valence electrons. The summed E-state index contributed by atoms with van der Waals surface area (Å²) in [6.07, 6.45) is 2.98. The maximum Gasteiger partial charge on any atom is 0.289 e. The molecule has 0 bridgehead atoms. The van der Waals surface area contributed by atoms with Gasteiger partial charge in [0.2, 0.25) is 5.82 Å². The monoisotopic (exact) mass is 317 g/mol. The molecule has 6 heteroatoms. The first kappa shape index (κ1) is 16.2. The SMILES string of the molecule is Cc1nc(C(=O)NC2(C)CC(C)C2)nc(N2CC[C@@H](N)C2)c1C. The van der Waals surface area contributed by atoms with E-state index in [1.54, 1.807) is 0 Å². The summed E-state index contributed by atoms with van der Waals surface area (Å²) in [5.74, 6) is 1.61. The van der Waals surface area contributed by atoms with Crippen LogP contribution in [0.3, 0.4) is 0 Å². The molecule has 3 N–H and O–H groups in total. The third kappa shape index (κ3) is 3.17. The van der Waals surface area contributed by atoms with Gasteiger partial charge in [-0.05, 0) is 46.0 Å². The van der Waals surface area contributed by atoms with Crippen LogP contribution in [0.2, 0.25) is 0 Å². The molecule has 1 saturated heterocycles. The summed E-state index contributed by atoms with van der Waals surface area (Å²) < 4.78 is 0. The van der Waals surface area contributed by atoms with Crippen LogP contribution in [-0.4, -0.2) is 40.5 Å². The van der Waals surface area contributed by atoms with E-state index in [1.165, 1.54) is 0 Å². The number of hydrogen-bond acceptors (Lipinski definition) is 5. The van der Waals surface area contributed by atoms with E-state index >= 15 is 0 Å². The van der Waals surface area contributed by atoms with Gasteiger partial charge >= 0.3 is 0 Å². The third-order valence-corrected chi connectivity index (χ3v) is 5.10. The van der Waals surface area contributed by atoms with Crippen LogP contribution in [0.4, 0.5) is 5.82 Å². The number of anilines is 1. The van der Waals surface area contributed by atoms with Gasteiger partial charge in [0.15, 0.2) is 0 Å². The highest BCUT2D eigenvalue weighted by Gasteiger charge is 2.39. The van der Waals surface area contributed by atoms with Gasteiger partial charge in [-0.2, -0.15) is 0 Å². The summed E-state index contributed by atoms with van der Waals surface area (Å²) in [5.41, 5.74) is 7.77. The number of hydrogen-bond donors (Lipinski definition) is 2. The fourth-order valence-electron chi connectivity index (χ4n) is 3.91. The van der Waals surface area contributed by atoms with Crippen LogP contribution < -0.4 is 16.0 Å². The lowest BCUT2D eigenvalue weighted by atomic mass is 9.70. The molecule has 2 aliphatic rings. The van der Waals surface area contributed by atoms with Crippen LogP contribution in [0, 0.1) is 19.8 Å². The number of rotatable bonds is 3. The molecule has 1 saturated carbocycles. The van der Waals surface area contributed by atoms with Crippen molar-refractivity contribution in [2.75, 3.05) is 18.0 Å². The van der Waals surface area contributed by atoms with Gasteiger partial charge in [-0.25, -0.2) is 9.97 Å². The minimum absolute atomic E-state index is 0.116. The molecule has 1 atom stereocenters. The van der Waals surface area contributed by atoms with Crippen molar-refractivity contribution in [1.82, 2.24) is 15.3 Å². The van der Waals surface area contributed by atoms with E-state index < -0.39 is 0 Å². The summed E-state index contributed by atoms with van der Waals surface area (Å²) in [4.78, 5) is 23.7. The molecule has 1 amide bonds. The Morgan fingerprint density at radius 2 is 2.04 bits per heavy atom. The maximum absolute atomic E-state index is 12.6. The molecule has 1 aromatic heterocycles. The largest absolute Gasteiger partial charge is 0.355 e. The lowest BCUT2D eigenvalue weighted by Gasteiger charge is -2.44. The van der Waals surface area contributed by atoms with Gasteiger partial charge in [-0.15, -0.1) is 0 Å². The van der Waals surface area contributed by atoms with Crippen LogP contribution in [0.15, 0.2) is 0 Å². The predicted molar refractivity (Wildman–Crippen MR) is 90.6 cm³/mol. The fourth-order valence-corrected chi connectivity index (χ4v) is 3.91. The molecule has 0 spiro atoms. The lowest BCUT2D eigenvalue weighted by Crippen LogP contribution is -2.54. The molecule has 1 aliphatic carbocycles. The second kappa shape index (κ2) is 5.74. The van der Waals surface area contributed by atoms with Crippen LogP contribution >= 0.6 is 0 Å². The number of nitrogens with zero attached hydrogens (tertiary/aromatic N) is 3. The molecule has 23 heavy (non-hydrogen) atoms. The summed E-state index contributed by atoms with van der Waals surface area (Å²) in [6, 6.07) is 0.178. The summed E-state index contributed by atoms with van der Waals surface area (Å²) in [5, 5.41) is 3.11. The smallest absolute Gasteiger partial charge is 0.289 e. The lowest BCUT2D eigenvalue weighted by molar-refractivity contribution is 0.0761. The van der Waals surface area contributed by atoms with Gasteiger partial charge in [0, 0.05) is 35.9 Å². The van der Waals surface area contributed by atoms with Gasteiger partial charge in [0.25, 0.3) is 5.91 Å². The number of carbonyl (C=O) groups excluding carboxylic acids is 1. The van der Waals surface area contributed by atoms with E-state index in [9.17, 15) is 4.79 Å². The summed E-state index contributed by atoms with van der Waals surface area (Å²) in [6.45, 7) is 9.90. The van der Waals surface area contributed by atoms with Crippen molar-refractivity contribution in [3.05, 3.63) is 17.1 Å².